The Balaban J connectivity index is 1.50. The van der Waals surface area contributed by atoms with E-state index < -0.39 is 5.82 Å². The second kappa shape index (κ2) is 7.30. The van der Waals surface area contributed by atoms with Gasteiger partial charge in [-0.25, -0.2) is 19.3 Å². The molecule has 0 unspecified atom stereocenters. The number of pyridine rings is 1. The lowest BCUT2D eigenvalue weighted by Gasteiger charge is -2.37. The number of aliphatic hydroxyl groups is 1. The maximum absolute atomic E-state index is 14.5. The van der Waals surface area contributed by atoms with Gasteiger partial charge in [-0.15, -0.1) is 0 Å². The van der Waals surface area contributed by atoms with Crippen molar-refractivity contribution < 1.29 is 9.50 Å². The Labute approximate surface area is 173 Å². The number of rotatable bonds is 3. The maximum atomic E-state index is 14.5. The molecule has 154 valence electrons. The van der Waals surface area contributed by atoms with Gasteiger partial charge in [-0.3, -0.25) is 0 Å². The van der Waals surface area contributed by atoms with Gasteiger partial charge >= 0.3 is 0 Å². The monoisotopic (exact) mass is 406 g/mol. The van der Waals surface area contributed by atoms with E-state index in [9.17, 15) is 9.50 Å². The van der Waals surface area contributed by atoms with Crippen LogP contribution in [0.4, 0.5) is 10.1 Å². The highest BCUT2D eigenvalue weighted by Crippen LogP contribution is 2.25. The van der Waals surface area contributed by atoms with Gasteiger partial charge in [-0.05, 0) is 38.1 Å². The van der Waals surface area contributed by atoms with Crippen molar-refractivity contribution in [3.05, 3.63) is 54.4 Å². The zero-order valence-corrected chi connectivity index (χ0v) is 16.9. The quantitative estimate of drug-likeness (QED) is 0.545. The van der Waals surface area contributed by atoms with Crippen LogP contribution in [-0.2, 0) is 6.61 Å². The molecule has 1 aliphatic rings. The molecule has 30 heavy (non-hydrogen) atoms. The summed E-state index contributed by atoms with van der Waals surface area (Å²) in [4.78, 5) is 15.6. The predicted molar refractivity (Wildman–Crippen MR) is 114 cm³/mol. The molecule has 0 saturated carbocycles. The second-order valence-corrected chi connectivity index (χ2v) is 8.01. The third kappa shape index (κ3) is 3.38. The molecule has 1 saturated heterocycles. The molecule has 5 rings (SSSR count). The van der Waals surface area contributed by atoms with Gasteiger partial charge in [-0.1, -0.05) is 0 Å². The number of benzene rings is 1. The Morgan fingerprint density at radius 1 is 1.13 bits per heavy atom. The summed E-state index contributed by atoms with van der Waals surface area (Å²) in [5, 5.41) is 13.7. The molecule has 7 nitrogen and oxygen atoms in total. The van der Waals surface area contributed by atoms with E-state index >= 15 is 0 Å². The van der Waals surface area contributed by atoms with Crippen LogP contribution in [0.3, 0.4) is 0 Å². The number of hydrogen-bond acceptors (Lipinski definition) is 6. The van der Waals surface area contributed by atoms with Gasteiger partial charge in [0.25, 0.3) is 0 Å². The van der Waals surface area contributed by atoms with Crippen molar-refractivity contribution in [1.29, 1.82) is 0 Å². The van der Waals surface area contributed by atoms with E-state index in [0.29, 0.717) is 29.2 Å². The van der Waals surface area contributed by atoms with E-state index in [2.05, 4.69) is 51.1 Å². The van der Waals surface area contributed by atoms with Crippen molar-refractivity contribution in [2.24, 2.45) is 0 Å². The van der Waals surface area contributed by atoms with Crippen LogP contribution < -0.4 is 10.2 Å². The molecule has 8 heteroatoms. The summed E-state index contributed by atoms with van der Waals surface area (Å²) in [5.41, 5.74) is 3.10. The number of halogens is 1. The third-order valence-electron chi connectivity index (χ3n) is 5.46. The topological polar surface area (TPSA) is 78.6 Å². The minimum absolute atomic E-state index is 0.174. The smallest absolute Gasteiger partial charge is 0.173 e. The number of fused-ring (bicyclic) bond motifs is 2. The summed E-state index contributed by atoms with van der Waals surface area (Å²) >= 11 is 0. The lowest BCUT2D eigenvalue weighted by atomic mass is 10.1. The zero-order valence-electron chi connectivity index (χ0n) is 16.9. The molecule has 4 aromatic rings. The van der Waals surface area contributed by atoms with Gasteiger partial charge < -0.3 is 19.7 Å². The molecule has 2 N–H and O–H groups in total. The molecule has 4 heterocycles. The minimum atomic E-state index is -0.479. The number of aromatic nitrogens is 4. The van der Waals surface area contributed by atoms with Gasteiger partial charge in [0.1, 0.15) is 0 Å². The van der Waals surface area contributed by atoms with Crippen LogP contribution in [0, 0.1) is 5.82 Å². The number of nitrogens with zero attached hydrogens (tertiary/aromatic N) is 5. The Morgan fingerprint density at radius 2 is 1.93 bits per heavy atom. The third-order valence-corrected chi connectivity index (χ3v) is 5.46. The summed E-state index contributed by atoms with van der Waals surface area (Å²) in [5.74, 6) is -0.0343. The predicted octanol–water partition coefficient (Wildman–Crippen LogP) is 2.76. The fraction of sp³-hybridized carbons (Fsp3) is 0.318. The van der Waals surface area contributed by atoms with Gasteiger partial charge in [0.15, 0.2) is 17.3 Å². The Hall–Kier alpha value is -3.10. The van der Waals surface area contributed by atoms with E-state index in [4.69, 9.17) is 0 Å². The van der Waals surface area contributed by atoms with E-state index in [1.165, 1.54) is 6.07 Å². The highest BCUT2D eigenvalue weighted by atomic mass is 19.1. The SMILES string of the molecule is C[C@@H]1CN(c2ccc3nc(-c4cc(F)c5nc(CO)cn5c4)ncc3c2)C[C@H](C)N1. The number of nitrogens with one attached hydrogen (secondary N) is 1. The highest BCUT2D eigenvalue weighted by molar-refractivity contribution is 5.83. The molecule has 0 radical (unpaired) electrons. The van der Waals surface area contributed by atoms with Crippen LogP contribution in [0.1, 0.15) is 19.5 Å². The van der Waals surface area contributed by atoms with Crippen molar-refractivity contribution >= 4 is 22.2 Å². The molecule has 0 amide bonds. The van der Waals surface area contributed by atoms with Crippen LogP contribution >= 0.6 is 0 Å². The molecule has 1 aliphatic heterocycles. The molecule has 2 atom stereocenters. The fourth-order valence-corrected chi connectivity index (χ4v) is 4.20. The lowest BCUT2D eigenvalue weighted by molar-refractivity contribution is 0.277. The fourth-order valence-electron chi connectivity index (χ4n) is 4.20. The molecule has 0 bridgehead atoms. The van der Waals surface area contributed by atoms with Crippen molar-refractivity contribution in [2.45, 2.75) is 32.5 Å². The Morgan fingerprint density at radius 3 is 2.70 bits per heavy atom. The van der Waals surface area contributed by atoms with Gasteiger partial charge in [0.2, 0.25) is 0 Å². The number of imidazole rings is 1. The van der Waals surface area contributed by atoms with Crippen LogP contribution in [-0.4, -0.2) is 49.6 Å². The van der Waals surface area contributed by atoms with Crippen LogP contribution in [0.2, 0.25) is 0 Å². The first-order valence-corrected chi connectivity index (χ1v) is 10.1. The summed E-state index contributed by atoms with van der Waals surface area (Å²) in [7, 11) is 0. The van der Waals surface area contributed by atoms with E-state index in [1.807, 2.05) is 6.07 Å². The van der Waals surface area contributed by atoms with Crippen molar-refractivity contribution in [3.63, 3.8) is 0 Å². The first-order chi connectivity index (χ1) is 14.5. The van der Waals surface area contributed by atoms with Crippen molar-refractivity contribution in [2.75, 3.05) is 18.0 Å². The minimum Gasteiger partial charge on any atom is -0.390 e. The first-order valence-electron chi connectivity index (χ1n) is 10.1. The number of piperazine rings is 1. The van der Waals surface area contributed by atoms with Gasteiger partial charge in [0.05, 0.1) is 17.8 Å². The number of hydrogen-bond donors (Lipinski definition) is 2. The zero-order chi connectivity index (χ0) is 20.8. The number of aliphatic hydroxyl groups excluding tert-OH is 1. The molecular formula is C22H23FN6O. The standard InChI is InChI=1S/C22H23FN6O/c1-13-8-28(9-14(2)25-13)18-3-4-20-15(5-18)7-24-21(27-20)16-6-19(23)22-26-17(12-30)11-29(22)10-16/h3-7,10-11,13-14,25,30H,8-9,12H2,1-2H3/t13-,14+. The summed E-state index contributed by atoms with van der Waals surface area (Å²) < 4.78 is 16.0. The largest absolute Gasteiger partial charge is 0.390 e. The van der Waals surface area contributed by atoms with E-state index in [1.54, 1.807) is 23.0 Å². The molecule has 3 aromatic heterocycles. The lowest BCUT2D eigenvalue weighted by Crippen LogP contribution is -2.54. The molecule has 1 aromatic carbocycles. The van der Waals surface area contributed by atoms with Crippen LogP contribution in [0.5, 0.6) is 0 Å². The Bertz CT molecular complexity index is 1230. The summed E-state index contributed by atoms with van der Waals surface area (Å²) in [6.45, 7) is 6.05. The van der Waals surface area contributed by atoms with Gasteiger partial charge in [0, 0.05) is 60.4 Å². The molecule has 1 fully saturated rings. The van der Waals surface area contributed by atoms with Crippen LogP contribution in [0.25, 0.3) is 27.9 Å². The normalized spacial score (nSPS) is 19.7. The van der Waals surface area contributed by atoms with Crippen molar-refractivity contribution in [1.82, 2.24) is 24.7 Å². The van der Waals surface area contributed by atoms with Gasteiger partial charge in [-0.2, -0.15) is 0 Å². The first kappa shape index (κ1) is 18.9. The highest BCUT2D eigenvalue weighted by Gasteiger charge is 2.21. The molecule has 0 aliphatic carbocycles. The van der Waals surface area contributed by atoms with E-state index in [-0.39, 0.29) is 12.3 Å². The Kier molecular flexibility index (Phi) is 4.60. The van der Waals surface area contributed by atoms with Crippen molar-refractivity contribution in [3.8, 4) is 11.4 Å². The average molecular weight is 406 g/mol. The summed E-state index contributed by atoms with van der Waals surface area (Å²) in [6, 6.07) is 8.42. The van der Waals surface area contributed by atoms with Crippen LogP contribution in [0.15, 0.2) is 42.9 Å². The number of anilines is 1. The average Bonchev–Trinajstić information content (AvgIpc) is 3.16. The molecular weight excluding hydrogens is 383 g/mol. The van der Waals surface area contributed by atoms with E-state index in [0.717, 1.165) is 29.7 Å². The molecule has 0 spiro atoms. The second-order valence-electron chi connectivity index (χ2n) is 8.01. The maximum Gasteiger partial charge on any atom is 0.173 e. The summed E-state index contributed by atoms with van der Waals surface area (Å²) in [6.07, 6.45) is 5.11.